The molecule has 0 aliphatic carbocycles. The Morgan fingerprint density at radius 2 is 1.86 bits per heavy atom. The molecule has 0 saturated carbocycles. The molecule has 0 unspecified atom stereocenters. The summed E-state index contributed by atoms with van der Waals surface area (Å²) in [5.41, 5.74) is 2.59. The molecule has 5 rings (SSSR count). The van der Waals surface area contributed by atoms with E-state index >= 15 is 0 Å². The number of rotatable bonds is 5. The van der Waals surface area contributed by atoms with Crippen molar-refractivity contribution in [3.05, 3.63) is 86.4 Å². The second-order valence-electron chi connectivity index (χ2n) is 7.99. The van der Waals surface area contributed by atoms with Crippen LogP contribution in [0.2, 0.25) is 0 Å². The maximum absolute atomic E-state index is 13.5. The first-order valence-corrected chi connectivity index (χ1v) is 11.7. The van der Waals surface area contributed by atoms with E-state index in [1.54, 1.807) is 12.1 Å². The third-order valence-corrected chi connectivity index (χ3v) is 7.10. The molecular formula is C25H19FN4O4S. The van der Waals surface area contributed by atoms with Gasteiger partial charge in [0.15, 0.2) is 0 Å². The Morgan fingerprint density at radius 1 is 1.11 bits per heavy atom. The summed E-state index contributed by atoms with van der Waals surface area (Å²) < 4.78 is 20.4. The Morgan fingerprint density at radius 3 is 2.54 bits per heavy atom. The number of fused-ring (bicyclic) bond motifs is 1. The van der Waals surface area contributed by atoms with Crippen molar-refractivity contribution in [3.63, 3.8) is 0 Å². The Balaban J connectivity index is 1.83. The van der Waals surface area contributed by atoms with Crippen LogP contribution < -0.4 is 10.5 Å². The number of anilines is 1. The molecule has 2 aromatic heterocycles. The second kappa shape index (κ2) is 9.29. The highest BCUT2D eigenvalue weighted by Crippen LogP contribution is 2.48. The molecular weight excluding hydrogens is 471 g/mol. The SMILES string of the molecule is N#CCc1cccc(-c2c([N+](=O)[O-])sc3c2ccc(=O)n3-c2ccc(F)cc2)c1N1CCOCC1. The van der Waals surface area contributed by atoms with E-state index in [0.717, 1.165) is 22.6 Å². The van der Waals surface area contributed by atoms with Crippen molar-refractivity contribution in [1.29, 1.82) is 5.26 Å². The molecule has 4 aromatic rings. The number of hydrogen-bond donors (Lipinski definition) is 0. The largest absolute Gasteiger partial charge is 0.378 e. The number of ether oxygens (including phenoxy) is 1. The Labute approximate surface area is 203 Å². The summed E-state index contributed by atoms with van der Waals surface area (Å²) in [5.74, 6) is -0.448. The molecule has 1 saturated heterocycles. The van der Waals surface area contributed by atoms with E-state index in [2.05, 4.69) is 11.0 Å². The minimum atomic E-state index is -0.448. The van der Waals surface area contributed by atoms with Gasteiger partial charge in [-0.05, 0) is 47.2 Å². The summed E-state index contributed by atoms with van der Waals surface area (Å²) in [4.78, 5) is 27.1. The maximum atomic E-state index is 13.5. The molecule has 176 valence electrons. The number of nitriles is 1. The van der Waals surface area contributed by atoms with E-state index in [0.29, 0.717) is 53.3 Å². The lowest BCUT2D eigenvalue weighted by atomic mass is 9.96. The van der Waals surface area contributed by atoms with Gasteiger partial charge in [0.25, 0.3) is 5.56 Å². The highest BCUT2D eigenvalue weighted by Gasteiger charge is 2.29. The third kappa shape index (κ3) is 4.05. The lowest BCUT2D eigenvalue weighted by Gasteiger charge is -2.32. The molecule has 2 aromatic carbocycles. The number of hydrogen-bond acceptors (Lipinski definition) is 7. The van der Waals surface area contributed by atoms with Crippen LogP contribution in [-0.2, 0) is 11.2 Å². The minimum Gasteiger partial charge on any atom is -0.378 e. The molecule has 0 atom stereocenters. The molecule has 1 fully saturated rings. The van der Waals surface area contributed by atoms with Gasteiger partial charge in [0.1, 0.15) is 10.6 Å². The van der Waals surface area contributed by atoms with Gasteiger partial charge >= 0.3 is 5.00 Å². The molecule has 3 heterocycles. The highest BCUT2D eigenvalue weighted by atomic mass is 32.1. The van der Waals surface area contributed by atoms with Gasteiger partial charge in [-0.25, -0.2) is 4.39 Å². The fourth-order valence-electron chi connectivity index (χ4n) is 4.47. The Kier molecular flexibility index (Phi) is 6.03. The lowest BCUT2D eigenvalue weighted by Crippen LogP contribution is -2.37. The summed E-state index contributed by atoms with van der Waals surface area (Å²) in [7, 11) is 0. The molecule has 0 N–H and O–H groups in total. The summed E-state index contributed by atoms with van der Waals surface area (Å²) >= 11 is 0.903. The number of halogens is 1. The van der Waals surface area contributed by atoms with E-state index < -0.39 is 10.7 Å². The molecule has 1 aliphatic heterocycles. The first-order chi connectivity index (χ1) is 17.0. The monoisotopic (exact) mass is 490 g/mol. The van der Waals surface area contributed by atoms with Crippen molar-refractivity contribution >= 4 is 32.2 Å². The number of thiophene rings is 1. The summed E-state index contributed by atoms with van der Waals surface area (Å²) in [6.07, 6.45) is 0.149. The number of aromatic nitrogens is 1. The number of morpholine rings is 1. The average Bonchev–Trinajstić information content (AvgIpc) is 3.25. The Bertz CT molecular complexity index is 1530. The first kappa shape index (κ1) is 22.7. The van der Waals surface area contributed by atoms with Gasteiger partial charge in [0.05, 0.1) is 41.9 Å². The van der Waals surface area contributed by atoms with Crippen LogP contribution in [0.5, 0.6) is 0 Å². The van der Waals surface area contributed by atoms with E-state index in [4.69, 9.17) is 4.74 Å². The van der Waals surface area contributed by atoms with Gasteiger partial charge in [-0.3, -0.25) is 19.5 Å². The smallest absolute Gasteiger partial charge is 0.334 e. The summed E-state index contributed by atoms with van der Waals surface area (Å²) in [5, 5.41) is 22.1. The zero-order valence-corrected chi connectivity index (χ0v) is 19.3. The van der Waals surface area contributed by atoms with Crippen LogP contribution in [0.15, 0.2) is 59.4 Å². The molecule has 0 bridgehead atoms. The molecule has 35 heavy (non-hydrogen) atoms. The van der Waals surface area contributed by atoms with Gasteiger partial charge < -0.3 is 9.64 Å². The summed E-state index contributed by atoms with van der Waals surface area (Å²) in [6, 6.07) is 16.0. The average molecular weight is 491 g/mol. The van der Waals surface area contributed by atoms with Crippen molar-refractivity contribution in [1.82, 2.24) is 4.57 Å². The van der Waals surface area contributed by atoms with Gasteiger partial charge in [0.2, 0.25) is 0 Å². The van der Waals surface area contributed by atoms with Crippen LogP contribution in [0.25, 0.3) is 27.0 Å². The van der Waals surface area contributed by atoms with Gasteiger partial charge in [-0.15, -0.1) is 0 Å². The summed E-state index contributed by atoms with van der Waals surface area (Å²) in [6.45, 7) is 2.20. The second-order valence-corrected chi connectivity index (χ2v) is 8.97. The zero-order chi connectivity index (χ0) is 24.5. The number of para-hydroxylation sites is 1. The molecule has 8 nitrogen and oxygen atoms in total. The van der Waals surface area contributed by atoms with E-state index in [9.17, 15) is 24.6 Å². The van der Waals surface area contributed by atoms with Crippen molar-refractivity contribution in [3.8, 4) is 22.9 Å². The predicted molar refractivity (Wildman–Crippen MR) is 132 cm³/mol. The number of nitro groups is 1. The lowest BCUT2D eigenvalue weighted by molar-refractivity contribution is -0.379. The molecule has 0 radical (unpaired) electrons. The van der Waals surface area contributed by atoms with E-state index in [-0.39, 0.29) is 17.0 Å². The first-order valence-electron chi connectivity index (χ1n) is 10.9. The fourth-order valence-corrected chi connectivity index (χ4v) is 5.62. The topological polar surface area (TPSA) is 101 Å². The van der Waals surface area contributed by atoms with Crippen LogP contribution in [-0.4, -0.2) is 35.8 Å². The van der Waals surface area contributed by atoms with Crippen LogP contribution in [0.1, 0.15) is 5.56 Å². The number of benzene rings is 2. The number of nitrogens with zero attached hydrogens (tertiary/aromatic N) is 4. The molecule has 0 spiro atoms. The van der Waals surface area contributed by atoms with Crippen molar-refractivity contribution < 1.29 is 14.1 Å². The van der Waals surface area contributed by atoms with Crippen LogP contribution in [0.4, 0.5) is 15.1 Å². The maximum Gasteiger partial charge on any atom is 0.334 e. The number of pyridine rings is 1. The Hall–Kier alpha value is -4.07. The molecule has 0 amide bonds. The molecule has 10 heteroatoms. The van der Waals surface area contributed by atoms with Crippen molar-refractivity contribution in [2.45, 2.75) is 6.42 Å². The molecule has 1 aliphatic rings. The van der Waals surface area contributed by atoms with E-state index in [1.165, 1.54) is 34.9 Å². The van der Waals surface area contributed by atoms with Gasteiger partial charge in [-0.2, -0.15) is 5.26 Å². The minimum absolute atomic E-state index is 0.106. The standard InChI is InChI=1S/C25H19FN4O4S/c26-17-4-6-18(7-5-17)29-21(31)9-8-20-22(25(30(32)33)35-24(20)29)19-3-1-2-16(10-11-27)23(19)28-12-14-34-15-13-28/h1-9H,10,12-15H2. The normalized spacial score (nSPS) is 13.7. The van der Waals surface area contributed by atoms with Gasteiger partial charge in [0, 0.05) is 35.8 Å². The van der Waals surface area contributed by atoms with Crippen molar-refractivity contribution in [2.24, 2.45) is 0 Å². The van der Waals surface area contributed by atoms with Gasteiger partial charge in [-0.1, -0.05) is 18.2 Å². The highest BCUT2D eigenvalue weighted by molar-refractivity contribution is 7.22. The van der Waals surface area contributed by atoms with E-state index in [1.807, 2.05) is 12.1 Å². The quantitative estimate of drug-likeness (QED) is 0.298. The fraction of sp³-hybridized carbons (Fsp3) is 0.200. The van der Waals surface area contributed by atoms with Crippen LogP contribution in [0, 0.1) is 27.3 Å². The predicted octanol–water partition coefficient (Wildman–Crippen LogP) is 4.67. The third-order valence-electron chi connectivity index (χ3n) is 5.96. The van der Waals surface area contributed by atoms with Crippen LogP contribution in [0.3, 0.4) is 0 Å². The zero-order valence-electron chi connectivity index (χ0n) is 18.4. The van der Waals surface area contributed by atoms with Crippen LogP contribution >= 0.6 is 11.3 Å². The van der Waals surface area contributed by atoms with Crippen molar-refractivity contribution in [2.75, 3.05) is 31.2 Å².